The number of hydrogen-bond acceptors (Lipinski definition) is 3. The van der Waals surface area contributed by atoms with Crippen LogP contribution in [0.1, 0.15) is 22.7 Å². The van der Waals surface area contributed by atoms with Gasteiger partial charge in [-0.05, 0) is 32.0 Å². The van der Waals surface area contributed by atoms with E-state index in [4.69, 9.17) is 11.6 Å². The van der Waals surface area contributed by atoms with Crippen LogP contribution in [-0.4, -0.2) is 30.0 Å². The molecule has 2 nitrogen and oxygen atoms in total. The fourth-order valence-corrected chi connectivity index (χ4v) is 3.17. The predicted octanol–water partition coefficient (Wildman–Crippen LogP) is 3.99. The minimum Gasteiger partial charge on any atom is -0.306 e. The molecule has 0 aliphatic heterocycles. The summed E-state index contributed by atoms with van der Waals surface area (Å²) in [6, 6.07) is 10.7. The predicted molar refractivity (Wildman–Crippen MR) is 87.6 cm³/mol. The molecule has 2 rings (SSSR count). The molecule has 0 spiro atoms. The fourth-order valence-electron chi connectivity index (χ4n) is 2.10. The molecule has 4 heteroatoms. The van der Waals surface area contributed by atoms with Gasteiger partial charge in [-0.1, -0.05) is 30.3 Å². The van der Waals surface area contributed by atoms with Gasteiger partial charge in [-0.3, -0.25) is 0 Å². The Kier molecular flexibility index (Phi) is 6.51. The summed E-state index contributed by atoms with van der Waals surface area (Å²) in [5.74, 6) is 0.521. The maximum absolute atomic E-state index is 5.76. The smallest absolute Gasteiger partial charge is 0.0929 e. The van der Waals surface area contributed by atoms with Crippen molar-refractivity contribution in [1.29, 1.82) is 0 Å². The first-order valence-electron chi connectivity index (χ1n) is 6.99. The Labute approximate surface area is 130 Å². The van der Waals surface area contributed by atoms with Crippen LogP contribution in [0, 0.1) is 0 Å². The molecule has 1 aromatic heterocycles. The number of aryl methyl sites for hydroxylation is 1. The first-order chi connectivity index (χ1) is 9.78. The quantitative estimate of drug-likeness (QED) is 0.686. The van der Waals surface area contributed by atoms with Gasteiger partial charge in [0.2, 0.25) is 0 Å². The number of hydrogen-bond donors (Lipinski definition) is 0. The Morgan fingerprint density at radius 1 is 1.15 bits per heavy atom. The highest BCUT2D eigenvalue weighted by Gasteiger charge is 2.03. The van der Waals surface area contributed by atoms with Gasteiger partial charge in [-0.15, -0.1) is 22.9 Å². The molecule has 0 fully saturated rings. The zero-order valence-corrected chi connectivity index (χ0v) is 13.5. The maximum atomic E-state index is 5.76. The largest absolute Gasteiger partial charge is 0.306 e. The molecular formula is C16H21ClN2S. The highest BCUT2D eigenvalue weighted by molar-refractivity contribution is 7.09. The van der Waals surface area contributed by atoms with Crippen LogP contribution in [0.4, 0.5) is 0 Å². The Bertz CT molecular complexity index is 498. The lowest BCUT2D eigenvalue weighted by Crippen LogP contribution is -2.22. The minimum atomic E-state index is 0.521. The summed E-state index contributed by atoms with van der Waals surface area (Å²) in [7, 11) is 2.19. The topological polar surface area (TPSA) is 16.1 Å². The van der Waals surface area contributed by atoms with Crippen LogP contribution in [0.25, 0.3) is 0 Å². The summed E-state index contributed by atoms with van der Waals surface area (Å²) >= 11 is 7.48. The Balaban J connectivity index is 1.63. The van der Waals surface area contributed by atoms with Gasteiger partial charge in [0.05, 0.1) is 16.6 Å². The van der Waals surface area contributed by atoms with Crippen molar-refractivity contribution in [2.24, 2.45) is 0 Å². The Hall–Kier alpha value is -0.900. The Morgan fingerprint density at radius 2 is 1.95 bits per heavy atom. The van der Waals surface area contributed by atoms with E-state index < -0.39 is 0 Å². The van der Waals surface area contributed by atoms with Crippen molar-refractivity contribution in [3.63, 3.8) is 0 Å². The van der Waals surface area contributed by atoms with Gasteiger partial charge >= 0.3 is 0 Å². The molecule has 0 saturated carbocycles. The zero-order valence-electron chi connectivity index (χ0n) is 11.9. The van der Waals surface area contributed by atoms with E-state index in [1.54, 1.807) is 11.3 Å². The lowest BCUT2D eigenvalue weighted by Gasteiger charge is -2.16. The minimum absolute atomic E-state index is 0.521. The highest BCUT2D eigenvalue weighted by Crippen LogP contribution is 2.13. The molecule has 0 aliphatic rings. The average molecular weight is 309 g/mol. The van der Waals surface area contributed by atoms with Crippen LogP contribution in [0.5, 0.6) is 0 Å². The van der Waals surface area contributed by atoms with Gasteiger partial charge in [0.1, 0.15) is 0 Å². The van der Waals surface area contributed by atoms with Crippen molar-refractivity contribution in [3.05, 3.63) is 52.0 Å². The summed E-state index contributed by atoms with van der Waals surface area (Å²) < 4.78 is 0. The van der Waals surface area contributed by atoms with Gasteiger partial charge < -0.3 is 4.90 Å². The van der Waals surface area contributed by atoms with E-state index in [1.165, 1.54) is 10.6 Å². The number of thiazole rings is 1. The first-order valence-corrected chi connectivity index (χ1v) is 8.41. The lowest BCUT2D eigenvalue weighted by molar-refractivity contribution is 0.333. The molecule has 0 amide bonds. The monoisotopic (exact) mass is 308 g/mol. The molecular weight excluding hydrogens is 288 g/mol. The molecule has 20 heavy (non-hydrogen) atoms. The van der Waals surface area contributed by atoms with Crippen LogP contribution in [-0.2, 0) is 18.7 Å². The number of rotatable bonds is 8. The normalized spacial score (nSPS) is 11.2. The summed E-state index contributed by atoms with van der Waals surface area (Å²) in [6.07, 6.45) is 3.32. The van der Waals surface area contributed by atoms with E-state index in [-0.39, 0.29) is 0 Å². The summed E-state index contributed by atoms with van der Waals surface area (Å²) in [4.78, 5) is 6.88. The van der Waals surface area contributed by atoms with E-state index in [0.717, 1.165) is 38.0 Å². The third-order valence-corrected chi connectivity index (χ3v) is 4.52. The SMILES string of the molecule is CN(CCCc1nc(CCl)cs1)CCc1ccccc1. The van der Waals surface area contributed by atoms with Gasteiger partial charge in [-0.25, -0.2) is 4.98 Å². The number of nitrogens with zero attached hydrogens (tertiary/aromatic N) is 2. The number of alkyl halides is 1. The number of aromatic nitrogens is 1. The summed E-state index contributed by atoms with van der Waals surface area (Å²) in [5.41, 5.74) is 2.41. The Morgan fingerprint density at radius 3 is 2.65 bits per heavy atom. The molecule has 1 aromatic carbocycles. The summed E-state index contributed by atoms with van der Waals surface area (Å²) in [6.45, 7) is 2.22. The third kappa shape index (κ3) is 5.23. The number of benzene rings is 1. The molecule has 2 aromatic rings. The van der Waals surface area contributed by atoms with E-state index in [9.17, 15) is 0 Å². The molecule has 1 heterocycles. The third-order valence-electron chi connectivity index (χ3n) is 3.29. The van der Waals surface area contributed by atoms with E-state index in [1.807, 2.05) is 0 Å². The van der Waals surface area contributed by atoms with Crippen molar-refractivity contribution in [2.45, 2.75) is 25.1 Å². The van der Waals surface area contributed by atoms with Gasteiger partial charge in [0, 0.05) is 18.3 Å². The van der Waals surface area contributed by atoms with E-state index >= 15 is 0 Å². The van der Waals surface area contributed by atoms with Crippen LogP contribution in [0.2, 0.25) is 0 Å². The molecule has 0 N–H and O–H groups in total. The van der Waals surface area contributed by atoms with Crippen molar-refractivity contribution in [3.8, 4) is 0 Å². The van der Waals surface area contributed by atoms with Crippen molar-refractivity contribution in [2.75, 3.05) is 20.1 Å². The second-order valence-corrected chi connectivity index (χ2v) is 6.22. The molecule has 0 bridgehead atoms. The fraction of sp³-hybridized carbons (Fsp3) is 0.438. The zero-order chi connectivity index (χ0) is 14.2. The molecule has 0 radical (unpaired) electrons. The van der Waals surface area contributed by atoms with Gasteiger partial charge in [0.15, 0.2) is 0 Å². The van der Waals surface area contributed by atoms with Crippen LogP contribution in [0.3, 0.4) is 0 Å². The number of likely N-dealkylation sites (N-methyl/N-ethyl adjacent to an activating group) is 1. The molecule has 0 saturated heterocycles. The first kappa shape index (κ1) is 15.5. The molecule has 0 unspecified atom stereocenters. The molecule has 108 valence electrons. The molecule has 0 aliphatic carbocycles. The lowest BCUT2D eigenvalue weighted by atomic mass is 10.1. The molecule has 0 atom stereocenters. The number of halogens is 1. The van der Waals surface area contributed by atoms with Crippen molar-refractivity contribution >= 4 is 22.9 Å². The standard InChI is InChI=1S/C16H21ClN2S/c1-19(11-9-14-6-3-2-4-7-14)10-5-8-16-18-15(12-17)13-20-16/h2-4,6-7,13H,5,8-12H2,1H3. The maximum Gasteiger partial charge on any atom is 0.0929 e. The van der Waals surface area contributed by atoms with Crippen LogP contribution in [0.15, 0.2) is 35.7 Å². The highest BCUT2D eigenvalue weighted by atomic mass is 35.5. The van der Waals surface area contributed by atoms with Gasteiger partial charge in [-0.2, -0.15) is 0 Å². The van der Waals surface area contributed by atoms with Crippen LogP contribution >= 0.6 is 22.9 Å². The second-order valence-electron chi connectivity index (χ2n) is 5.01. The van der Waals surface area contributed by atoms with Gasteiger partial charge in [0.25, 0.3) is 0 Å². The van der Waals surface area contributed by atoms with Crippen molar-refractivity contribution < 1.29 is 0 Å². The van der Waals surface area contributed by atoms with Crippen LogP contribution < -0.4 is 0 Å². The average Bonchev–Trinajstić information content (AvgIpc) is 2.94. The second kappa shape index (κ2) is 8.40. The van der Waals surface area contributed by atoms with Crippen molar-refractivity contribution in [1.82, 2.24) is 9.88 Å². The van der Waals surface area contributed by atoms with E-state index in [0.29, 0.717) is 5.88 Å². The summed E-state index contributed by atoms with van der Waals surface area (Å²) in [5, 5.41) is 3.26. The van der Waals surface area contributed by atoms with E-state index in [2.05, 4.69) is 52.6 Å².